The van der Waals surface area contributed by atoms with Crippen molar-refractivity contribution in [3.05, 3.63) is 18.2 Å². The SMILES string of the molecule is O.Oc1ccc2nc(NC3=NCCN3)[nH]c2c1. The summed E-state index contributed by atoms with van der Waals surface area (Å²) < 4.78 is 0. The van der Waals surface area contributed by atoms with Gasteiger partial charge in [0.1, 0.15) is 5.75 Å². The van der Waals surface area contributed by atoms with Gasteiger partial charge in [0.05, 0.1) is 17.6 Å². The fourth-order valence-electron chi connectivity index (χ4n) is 1.65. The van der Waals surface area contributed by atoms with Gasteiger partial charge in [-0.3, -0.25) is 10.3 Å². The van der Waals surface area contributed by atoms with E-state index < -0.39 is 0 Å². The van der Waals surface area contributed by atoms with Crippen molar-refractivity contribution < 1.29 is 10.6 Å². The van der Waals surface area contributed by atoms with Gasteiger partial charge in [-0.2, -0.15) is 0 Å². The summed E-state index contributed by atoms with van der Waals surface area (Å²) in [6, 6.07) is 5.01. The maximum Gasteiger partial charge on any atom is 0.208 e. The highest BCUT2D eigenvalue weighted by Crippen LogP contribution is 2.19. The molecule has 1 aliphatic rings. The van der Waals surface area contributed by atoms with Crippen LogP contribution in [0.3, 0.4) is 0 Å². The first-order valence-corrected chi connectivity index (χ1v) is 5.05. The molecule has 0 saturated carbocycles. The van der Waals surface area contributed by atoms with E-state index in [2.05, 4.69) is 25.6 Å². The number of aromatic hydroxyl groups is 1. The lowest BCUT2D eigenvalue weighted by atomic mass is 10.3. The first-order valence-electron chi connectivity index (χ1n) is 5.05. The Morgan fingerprint density at radius 2 is 2.24 bits per heavy atom. The molecule has 0 saturated heterocycles. The number of H-pyrrole nitrogens is 1. The first-order chi connectivity index (χ1) is 7.81. The van der Waals surface area contributed by atoms with Crippen LogP contribution in [0.15, 0.2) is 23.2 Å². The molecule has 17 heavy (non-hydrogen) atoms. The molecule has 0 fully saturated rings. The van der Waals surface area contributed by atoms with Crippen LogP contribution in [0.1, 0.15) is 0 Å². The Morgan fingerprint density at radius 1 is 1.35 bits per heavy atom. The van der Waals surface area contributed by atoms with Crippen LogP contribution in [0.5, 0.6) is 5.75 Å². The number of anilines is 1. The molecule has 90 valence electrons. The molecule has 0 spiro atoms. The molecule has 1 aliphatic heterocycles. The normalized spacial score (nSPS) is 14.0. The van der Waals surface area contributed by atoms with Gasteiger partial charge in [-0.15, -0.1) is 0 Å². The molecule has 3 rings (SSSR count). The number of guanidine groups is 1. The Hall–Kier alpha value is -2.28. The zero-order valence-corrected chi connectivity index (χ0v) is 8.99. The number of hydrogen-bond acceptors (Lipinski definition) is 5. The number of rotatable bonds is 1. The van der Waals surface area contributed by atoms with E-state index in [4.69, 9.17) is 0 Å². The molecule has 6 N–H and O–H groups in total. The van der Waals surface area contributed by atoms with Gasteiger partial charge in [0.15, 0.2) is 5.96 Å². The molecule has 0 amide bonds. The Kier molecular flexibility index (Phi) is 2.84. The van der Waals surface area contributed by atoms with Gasteiger partial charge in [-0.05, 0) is 12.1 Å². The molecule has 2 aromatic rings. The number of imidazole rings is 1. The largest absolute Gasteiger partial charge is 0.508 e. The predicted molar refractivity (Wildman–Crippen MR) is 65.3 cm³/mol. The number of phenolic OH excluding ortho intramolecular Hbond substituents is 1. The number of phenols is 1. The highest BCUT2D eigenvalue weighted by Gasteiger charge is 2.08. The third kappa shape index (κ3) is 2.13. The first kappa shape index (κ1) is 11.2. The van der Waals surface area contributed by atoms with Crippen LogP contribution >= 0.6 is 0 Å². The predicted octanol–water partition coefficient (Wildman–Crippen LogP) is -0.185. The summed E-state index contributed by atoms with van der Waals surface area (Å²) in [5, 5.41) is 15.5. The summed E-state index contributed by atoms with van der Waals surface area (Å²) in [5.74, 6) is 1.57. The van der Waals surface area contributed by atoms with Crippen LogP contribution in [0.4, 0.5) is 5.95 Å². The molecule has 2 heterocycles. The van der Waals surface area contributed by atoms with Crippen molar-refractivity contribution in [1.82, 2.24) is 15.3 Å². The number of aromatic nitrogens is 2. The molecule has 0 unspecified atom stereocenters. The summed E-state index contributed by atoms with van der Waals surface area (Å²) in [5.41, 5.74) is 1.60. The lowest BCUT2D eigenvalue weighted by Gasteiger charge is -2.01. The van der Waals surface area contributed by atoms with E-state index >= 15 is 0 Å². The van der Waals surface area contributed by atoms with E-state index in [1.54, 1.807) is 18.2 Å². The van der Waals surface area contributed by atoms with Crippen LogP contribution in [-0.4, -0.2) is 39.6 Å². The molecular weight excluding hydrogens is 222 g/mol. The van der Waals surface area contributed by atoms with Crippen LogP contribution in [0, 0.1) is 0 Å². The smallest absolute Gasteiger partial charge is 0.208 e. The molecule has 0 radical (unpaired) electrons. The molecule has 1 aromatic heterocycles. The van der Waals surface area contributed by atoms with Gasteiger partial charge in [-0.1, -0.05) is 0 Å². The zero-order chi connectivity index (χ0) is 11.0. The minimum absolute atomic E-state index is 0. The number of benzene rings is 1. The van der Waals surface area contributed by atoms with Crippen molar-refractivity contribution in [2.45, 2.75) is 0 Å². The third-order valence-electron chi connectivity index (χ3n) is 2.38. The second-order valence-corrected chi connectivity index (χ2v) is 3.57. The van der Waals surface area contributed by atoms with Gasteiger partial charge in [0.25, 0.3) is 0 Å². The molecule has 7 heteroatoms. The minimum Gasteiger partial charge on any atom is -0.508 e. The van der Waals surface area contributed by atoms with E-state index in [0.29, 0.717) is 5.95 Å². The Balaban J connectivity index is 0.00000108. The zero-order valence-electron chi connectivity index (χ0n) is 8.99. The Morgan fingerprint density at radius 3 is 3.00 bits per heavy atom. The highest BCUT2D eigenvalue weighted by molar-refractivity contribution is 5.94. The summed E-state index contributed by atoms with van der Waals surface area (Å²) in [7, 11) is 0. The van der Waals surface area contributed by atoms with Crippen molar-refractivity contribution >= 4 is 22.9 Å². The van der Waals surface area contributed by atoms with E-state index in [-0.39, 0.29) is 11.2 Å². The standard InChI is InChI=1S/C10H11N5O.H2O/c16-6-1-2-7-8(5-6)14-10(13-7)15-9-11-3-4-12-9;/h1-2,5,16H,3-4H2,(H3,11,12,13,14,15);1H2. The maximum absolute atomic E-state index is 9.32. The second-order valence-electron chi connectivity index (χ2n) is 3.57. The van der Waals surface area contributed by atoms with Crippen molar-refractivity contribution in [2.24, 2.45) is 4.99 Å². The monoisotopic (exact) mass is 235 g/mol. The van der Waals surface area contributed by atoms with E-state index in [0.717, 1.165) is 30.1 Å². The topological polar surface area (TPSA) is 117 Å². The van der Waals surface area contributed by atoms with Crippen molar-refractivity contribution in [3.63, 3.8) is 0 Å². The van der Waals surface area contributed by atoms with Crippen molar-refractivity contribution in [1.29, 1.82) is 0 Å². The average Bonchev–Trinajstić information content (AvgIpc) is 2.86. The molecule has 0 bridgehead atoms. The van der Waals surface area contributed by atoms with E-state index in [1.807, 2.05) is 0 Å². The minimum atomic E-state index is 0. The average molecular weight is 235 g/mol. The number of fused-ring (bicyclic) bond motifs is 1. The van der Waals surface area contributed by atoms with Crippen LogP contribution in [-0.2, 0) is 0 Å². The van der Waals surface area contributed by atoms with Gasteiger partial charge in [0, 0.05) is 12.6 Å². The molecule has 0 aliphatic carbocycles. The number of aliphatic imine (C=N–C) groups is 1. The lowest BCUT2D eigenvalue weighted by molar-refractivity contribution is 0.476. The van der Waals surface area contributed by atoms with Gasteiger partial charge < -0.3 is 20.9 Å². The number of nitrogens with one attached hydrogen (secondary N) is 3. The van der Waals surface area contributed by atoms with Gasteiger partial charge in [-0.25, -0.2) is 4.98 Å². The highest BCUT2D eigenvalue weighted by atomic mass is 16.3. The summed E-state index contributed by atoms with van der Waals surface area (Å²) in [6.45, 7) is 1.63. The van der Waals surface area contributed by atoms with Crippen LogP contribution < -0.4 is 10.6 Å². The molecular formula is C10H13N5O2. The number of aromatic amines is 1. The molecule has 1 aromatic carbocycles. The van der Waals surface area contributed by atoms with Gasteiger partial charge >= 0.3 is 0 Å². The lowest BCUT2D eigenvalue weighted by Crippen LogP contribution is -2.26. The van der Waals surface area contributed by atoms with E-state index in [1.165, 1.54) is 0 Å². The fraction of sp³-hybridized carbons (Fsp3) is 0.200. The number of hydrogen-bond donors (Lipinski definition) is 4. The van der Waals surface area contributed by atoms with Gasteiger partial charge in [0.2, 0.25) is 5.95 Å². The fourth-order valence-corrected chi connectivity index (χ4v) is 1.65. The molecule has 0 atom stereocenters. The summed E-state index contributed by atoms with van der Waals surface area (Å²) in [4.78, 5) is 11.6. The summed E-state index contributed by atoms with van der Waals surface area (Å²) in [6.07, 6.45) is 0. The Labute approximate surface area is 96.9 Å². The molecule has 7 nitrogen and oxygen atoms in total. The third-order valence-corrected chi connectivity index (χ3v) is 2.38. The van der Waals surface area contributed by atoms with Crippen LogP contribution in [0.2, 0.25) is 0 Å². The summed E-state index contributed by atoms with van der Waals surface area (Å²) >= 11 is 0. The Bertz CT molecular complexity index is 563. The quantitative estimate of drug-likeness (QED) is 0.548. The van der Waals surface area contributed by atoms with Crippen LogP contribution in [0.25, 0.3) is 11.0 Å². The van der Waals surface area contributed by atoms with Crippen molar-refractivity contribution in [2.75, 3.05) is 18.4 Å². The van der Waals surface area contributed by atoms with E-state index in [9.17, 15) is 5.11 Å². The van der Waals surface area contributed by atoms with Crippen molar-refractivity contribution in [3.8, 4) is 5.75 Å². The maximum atomic E-state index is 9.32. The number of nitrogens with zero attached hydrogens (tertiary/aromatic N) is 2. The second kappa shape index (κ2) is 4.30.